The van der Waals surface area contributed by atoms with Gasteiger partial charge in [-0.15, -0.1) is 0 Å². The predicted octanol–water partition coefficient (Wildman–Crippen LogP) is 4.02. The van der Waals surface area contributed by atoms with E-state index >= 15 is 0 Å². The second-order valence-corrected chi connectivity index (χ2v) is 7.60. The zero-order chi connectivity index (χ0) is 21.8. The van der Waals surface area contributed by atoms with Crippen molar-refractivity contribution in [2.24, 2.45) is 13.0 Å². The highest BCUT2D eigenvalue weighted by Crippen LogP contribution is 2.24. The average Bonchev–Trinajstić information content (AvgIpc) is 3.41. The van der Waals surface area contributed by atoms with Gasteiger partial charge in [0.15, 0.2) is 0 Å². The second-order valence-electron chi connectivity index (χ2n) is 7.60. The molecule has 1 saturated heterocycles. The number of nitrogens with zero attached hydrogens (tertiary/aromatic N) is 1. The third-order valence-corrected chi connectivity index (χ3v) is 5.41. The number of fused-ring (bicyclic) bond motifs is 1. The fraction of sp³-hybridized carbons (Fsp3) is 0.333. The second kappa shape index (κ2) is 9.22. The molecular formula is C24H26N2O5. The summed E-state index contributed by atoms with van der Waals surface area (Å²) in [6, 6.07) is 14.4. The lowest BCUT2D eigenvalue weighted by molar-refractivity contribution is 0.0515. The zero-order valence-electron chi connectivity index (χ0n) is 17.7. The Labute approximate surface area is 180 Å². The van der Waals surface area contributed by atoms with Crippen LogP contribution in [0.15, 0.2) is 48.5 Å². The lowest BCUT2D eigenvalue weighted by atomic mass is 10.1. The van der Waals surface area contributed by atoms with Gasteiger partial charge in [-0.05, 0) is 61.9 Å². The molecule has 4 rings (SSSR count). The normalized spacial score (nSPS) is 15.7. The lowest BCUT2D eigenvalue weighted by Gasteiger charge is -2.11. The highest BCUT2D eigenvalue weighted by molar-refractivity contribution is 6.05. The van der Waals surface area contributed by atoms with Crippen LogP contribution in [0.25, 0.3) is 10.9 Å². The first-order valence-corrected chi connectivity index (χ1v) is 10.4. The van der Waals surface area contributed by atoms with Crippen molar-refractivity contribution < 1.29 is 23.8 Å². The minimum absolute atomic E-state index is 0.211. The van der Waals surface area contributed by atoms with Crippen LogP contribution in [0.3, 0.4) is 0 Å². The van der Waals surface area contributed by atoms with E-state index < -0.39 is 0 Å². The highest BCUT2D eigenvalue weighted by Gasteiger charge is 2.17. The van der Waals surface area contributed by atoms with E-state index in [1.807, 2.05) is 25.2 Å². The molecule has 7 heteroatoms. The number of benzene rings is 2. The predicted molar refractivity (Wildman–Crippen MR) is 118 cm³/mol. The average molecular weight is 422 g/mol. The monoisotopic (exact) mass is 422 g/mol. The third kappa shape index (κ3) is 4.72. The van der Waals surface area contributed by atoms with Crippen LogP contribution in [0.4, 0.5) is 5.69 Å². The Balaban J connectivity index is 1.42. The maximum Gasteiger partial charge on any atom is 0.354 e. The molecule has 1 amide bonds. The van der Waals surface area contributed by atoms with E-state index in [2.05, 4.69) is 5.32 Å². The summed E-state index contributed by atoms with van der Waals surface area (Å²) in [6.07, 6.45) is 1.02. The summed E-state index contributed by atoms with van der Waals surface area (Å²) in [5.41, 5.74) is 2.55. The number of anilines is 1. The first-order valence-electron chi connectivity index (χ1n) is 10.4. The van der Waals surface area contributed by atoms with Gasteiger partial charge in [-0.2, -0.15) is 0 Å². The van der Waals surface area contributed by atoms with Crippen molar-refractivity contribution in [2.45, 2.75) is 13.3 Å². The maximum atomic E-state index is 12.6. The van der Waals surface area contributed by atoms with E-state index in [0.29, 0.717) is 36.1 Å². The molecule has 1 fully saturated rings. The van der Waals surface area contributed by atoms with E-state index in [-0.39, 0.29) is 11.9 Å². The number of ether oxygens (including phenoxy) is 3. The topological polar surface area (TPSA) is 78.8 Å². The van der Waals surface area contributed by atoms with Gasteiger partial charge < -0.3 is 24.1 Å². The van der Waals surface area contributed by atoms with Crippen LogP contribution in [0, 0.1) is 5.92 Å². The minimum Gasteiger partial charge on any atom is -0.493 e. The molecule has 1 N–H and O–H groups in total. The maximum absolute atomic E-state index is 12.6. The molecule has 162 valence electrons. The van der Waals surface area contributed by atoms with Crippen molar-refractivity contribution in [3.05, 3.63) is 59.8 Å². The molecule has 0 saturated carbocycles. The molecule has 3 aromatic rings. The fourth-order valence-electron chi connectivity index (χ4n) is 3.66. The molecule has 0 aliphatic carbocycles. The van der Waals surface area contributed by atoms with Gasteiger partial charge in [-0.3, -0.25) is 4.79 Å². The molecule has 1 aliphatic heterocycles. The molecular weight excluding hydrogens is 396 g/mol. The van der Waals surface area contributed by atoms with E-state index in [4.69, 9.17) is 14.2 Å². The van der Waals surface area contributed by atoms with Gasteiger partial charge in [0.1, 0.15) is 11.4 Å². The summed E-state index contributed by atoms with van der Waals surface area (Å²) < 4.78 is 18.0. The lowest BCUT2D eigenvalue weighted by Crippen LogP contribution is -2.13. The number of nitrogens with one attached hydrogen (secondary N) is 1. The Hall–Kier alpha value is -3.32. The number of carbonyl (C=O) groups excluding carboxylic acids is 2. The quantitative estimate of drug-likeness (QED) is 0.582. The molecule has 1 unspecified atom stereocenters. The number of aryl methyl sites for hydroxylation is 1. The smallest absolute Gasteiger partial charge is 0.354 e. The molecule has 2 heterocycles. The van der Waals surface area contributed by atoms with Crippen LogP contribution >= 0.6 is 0 Å². The SMILES string of the molecule is CCOC(=O)c1cc2cc(NC(=O)c3ccc(OCC4CCOC4)cc3)ccc2n1C. The van der Waals surface area contributed by atoms with Crippen molar-refractivity contribution in [1.29, 1.82) is 0 Å². The van der Waals surface area contributed by atoms with Gasteiger partial charge in [-0.25, -0.2) is 4.79 Å². The van der Waals surface area contributed by atoms with Crippen molar-refractivity contribution in [2.75, 3.05) is 31.7 Å². The molecule has 0 bridgehead atoms. The summed E-state index contributed by atoms with van der Waals surface area (Å²) in [7, 11) is 1.82. The van der Waals surface area contributed by atoms with E-state index in [0.717, 1.165) is 36.3 Å². The van der Waals surface area contributed by atoms with E-state index in [1.54, 1.807) is 41.8 Å². The number of carbonyl (C=O) groups is 2. The molecule has 7 nitrogen and oxygen atoms in total. The van der Waals surface area contributed by atoms with Crippen LogP contribution in [0.5, 0.6) is 5.75 Å². The van der Waals surface area contributed by atoms with Crippen molar-refractivity contribution in [3.8, 4) is 5.75 Å². The van der Waals surface area contributed by atoms with Gasteiger partial charge in [-0.1, -0.05) is 0 Å². The van der Waals surface area contributed by atoms with Crippen LogP contribution in [-0.4, -0.2) is 42.9 Å². The van der Waals surface area contributed by atoms with Crippen molar-refractivity contribution in [3.63, 3.8) is 0 Å². The Morgan fingerprint density at radius 3 is 2.68 bits per heavy atom. The number of hydrogen-bond donors (Lipinski definition) is 1. The summed E-state index contributed by atoms with van der Waals surface area (Å²) in [5, 5.41) is 3.76. The summed E-state index contributed by atoms with van der Waals surface area (Å²) in [5.74, 6) is 0.590. The van der Waals surface area contributed by atoms with Gasteiger partial charge >= 0.3 is 5.97 Å². The Bertz CT molecular complexity index is 1080. The van der Waals surface area contributed by atoms with Gasteiger partial charge in [0, 0.05) is 41.7 Å². The Morgan fingerprint density at radius 2 is 1.97 bits per heavy atom. The number of hydrogen-bond acceptors (Lipinski definition) is 5. The van der Waals surface area contributed by atoms with Crippen molar-refractivity contribution in [1.82, 2.24) is 4.57 Å². The molecule has 0 radical (unpaired) electrons. The fourth-order valence-corrected chi connectivity index (χ4v) is 3.66. The zero-order valence-corrected chi connectivity index (χ0v) is 17.7. The van der Waals surface area contributed by atoms with Gasteiger partial charge in [0.05, 0.1) is 19.8 Å². The highest BCUT2D eigenvalue weighted by atomic mass is 16.5. The Kier molecular flexibility index (Phi) is 6.23. The van der Waals surface area contributed by atoms with E-state index in [9.17, 15) is 9.59 Å². The number of rotatable bonds is 7. The van der Waals surface area contributed by atoms with E-state index in [1.165, 1.54) is 0 Å². The molecule has 2 aromatic carbocycles. The molecule has 0 spiro atoms. The van der Waals surface area contributed by atoms with Crippen molar-refractivity contribution >= 4 is 28.5 Å². The van der Waals surface area contributed by atoms with Crippen LogP contribution in [0.2, 0.25) is 0 Å². The largest absolute Gasteiger partial charge is 0.493 e. The standard InChI is InChI=1S/C24H26N2O5/c1-3-30-24(28)22-13-18-12-19(6-9-21(18)26(22)2)25-23(27)17-4-7-20(8-5-17)31-15-16-10-11-29-14-16/h4-9,12-13,16H,3,10-11,14-15H2,1-2H3,(H,25,27). The molecule has 31 heavy (non-hydrogen) atoms. The molecule has 1 aliphatic rings. The summed E-state index contributed by atoms with van der Waals surface area (Å²) >= 11 is 0. The van der Waals surface area contributed by atoms with Crippen LogP contribution in [-0.2, 0) is 16.5 Å². The number of esters is 1. The van der Waals surface area contributed by atoms with Crippen LogP contribution < -0.4 is 10.1 Å². The number of amides is 1. The first-order chi connectivity index (χ1) is 15.0. The third-order valence-electron chi connectivity index (χ3n) is 5.41. The number of aromatic nitrogens is 1. The molecule has 1 atom stereocenters. The van der Waals surface area contributed by atoms with Gasteiger partial charge in [0.2, 0.25) is 0 Å². The first kappa shape index (κ1) is 20.9. The summed E-state index contributed by atoms with van der Waals surface area (Å²) in [4.78, 5) is 24.7. The van der Waals surface area contributed by atoms with Gasteiger partial charge in [0.25, 0.3) is 5.91 Å². The minimum atomic E-state index is -0.366. The van der Waals surface area contributed by atoms with Crippen LogP contribution in [0.1, 0.15) is 34.2 Å². The molecule has 1 aromatic heterocycles. The summed E-state index contributed by atoms with van der Waals surface area (Å²) in [6.45, 7) is 4.26. The Morgan fingerprint density at radius 1 is 1.16 bits per heavy atom.